The van der Waals surface area contributed by atoms with Crippen LogP contribution >= 0.6 is 0 Å². The summed E-state index contributed by atoms with van der Waals surface area (Å²) in [5.74, 6) is -0.898. The summed E-state index contributed by atoms with van der Waals surface area (Å²) in [5, 5.41) is 26.5. The highest BCUT2D eigenvalue weighted by atomic mass is 16.3. The Morgan fingerprint density at radius 1 is 1.45 bits per heavy atom. The third kappa shape index (κ3) is 3.92. The molecule has 5 heteroatoms. The lowest BCUT2D eigenvalue weighted by molar-refractivity contribution is -0.128. The molecule has 0 aromatic heterocycles. The van der Waals surface area contributed by atoms with Gasteiger partial charge < -0.3 is 21.1 Å². The lowest BCUT2D eigenvalue weighted by Gasteiger charge is -2.15. The summed E-state index contributed by atoms with van der Waals surface area (Å²) in [6.45, 7) is 1.36. The maximum atomic E-state index is 10.2. The molecule has 5 N–H and O–H groups in total. The first-order chi connectivity index (χ1) is 4.95. The SMILES string of the molecule is C[C@@H](O)[C@@H](O)C[C@@H](O)C(N)=O. The molecule has 1 amide bonds. The molecule has 3 atom stereocenters. The molecule has 0 rings (SSSR count). The summed E-state index contributed by atoms with van der Waals surface area (Å²) in [7, 11) is 0. The molecule has 0 saturated heterocycles. The smallest absolute Gasteiger partial charge is 0.246 e. The van der Waals surface area contributed by atoms with Crippen molar-refractivity contribution in [2.45, 2.75) is 31.7 Å². The van der Waals surface area contributed by atoms with E-state index in [1.807, 2.05) is 0 Å². The molecule has 0 heterocycles. The highest BCUT2D eigenvalue weighted by Crippen LogP contribution is 2.01. The minimum Gasteiger partial charge on any atom is -0.391 e. The van der Waals surface area contributed by atoms with E-state index >= 15 is 0 Å². The van der Waals surface area contributed by atoms with Crippen LogP contribution in [0.2, 0.25) is 0 Å². The van der Waals surface area contributed by atoms with Gasteiger partial charge in [0.15, 0.2) is 0 Å². The molecule has 0 unspecified atom stereocenters. The van der Waals surface area contributed by atoms with Crippen molar-refractivity contribution >= 4 is 5.91 Å². The van der Waals surface area contributed by atoms with E-state index in [9.17, 15) is 4.79 Å². The standard InChI is InChI=1S/C6H13NO4/c1-3(8)4(9)2-5(10)6(7)11/h3-5,8-10H,2H2,1H3,(H2,7,11)/t3-,4+,5-/m1/s1. The number of aliphatic hydroxyl groups excluding tert-OH is 3. The zero-order chi connectivity index (χ0) is 9.02. The predicted octanol–water partition coefficient (Wildman–Crippen LogP) is -2.04. The van der Waals surface area contributed by atoms with Crippen LogP contribution in [0.1, 0.15) is 13.3 Å². The average molecular weight is 163 g/mol. The molecule has 0 saturated carbocycles. The van der Waals surface area contributed by atoms with Crippen molar-refractivity contribution in [1.82, 2.24) is 0 Å². The fraction of sp³-hybridized carbons (Fsp3) is 0.833. The first-order valence-electron chi connectivity index (χ1n) is 3.28. The fourth-order valence-corrected chi connectivity index (χ4v) is 0.542. The lowest BCUT2D eigenvalue weighted by atomic mass is 10.1. The van der Waals surface area contributed by atoms with Crippen LogP contribution < -0.4 is 5.73 Å². The van der Waals surface area contributed by atoms with E-state index in [1.165, 1.54) is 6.92 Å². The minimum absolute atomic E-state index is 0.229. The van der Waals surface area contributed by atoms with Gasteiger partial charge in [-0.05, 0) is 6.92 Å². The van der Waals surface area contributed by atoms with Gasteiger partial charge in [-0.1, -0.05) is 0 Å². The number of carbonyl (C=O) groups excluding carboxylic acids is 1. The van der Waals surface area contributed by atoms with Crippen LogP contribution in [0.4, 0.5) is 0 Å². The van der Waals surface area contributed by atoms with Crippen molar-refractivity contribution in [3.8, 4) is 0 Å². The zero-order valence-electron chi connectivity index (χ0n) is 6.27. The predicted molar refractivity (Wildman–Crippen MR) is 37.5 cm³/mol. The molecule has 66 valence electrons. The van der Waals surface area contributed by atoms with E-state index in [-0.39, 0.29) is 6.42 Å². The van der Waals surface area contributed by atoms with Gasteiger partial charge in [-0.25, -0.2) is 0 Å². The second-order valence-electron chi connectivity index (χ2n) is 2.46. The fourth-order valence-electron chi connectivity index (χ4n) is 0.542. The van der Waals surface area contributed by atoms with Gasteiger partial charge in [-0.2, -0.15) is 0 Å². The van der Waals surface area contributed by atoms with Crippen LogP contribution in [0.15, 0.2) is 0 Å². The van der Waals surface area contributed by atoms with E-state index in [2.05, 4.69) is 0 Å². The van der Waals surface area contributed by atoms with Gasteiger partial charge in [-0.15, -0.1) is 0 Å². The molecule has 0 fully saturated rings. The molecule has 0 bridgehead atoms. The number of aliphatic hydroxyl groups is 3. The molecule has 5 nitrogen and oxygen atoms in total. The van der Waals surface area contributed by atoms with Crippen LogP contribution in [-0.4, -0.2) is 39.5 Å². The van der Waals surface area contributed by atoms with Crippen molar-refractivity contribution in [3.63, 3.8) is 0 Å². The van der Waals surface area contributed by atoms with Crippen molar-refractivity contribution < 1.29 is 20.1 Å². The van der Waals surface area contributed by atoms with E-state index in [4.69, 9.17) is 21.1 Å². The Morgan fingerprint density at radius 3 is 2.18 bits per heavy atom. The van der Waals surface area contributed by atoms with Crippen LogP contribution in [0.25, 0.3) is 0 Å². The molecular weight excluding hydrogens is 150 g/mol. The van der Waals surface area contributed by atoms with Gasteiger partial charge in [0.05, 0.1) is 12.2 Å². The minimum atomic E-state index is -1.39. The molecule has 0 aliphatic carbocycles. The van der Waals surface area contributed by atoms with Gasteiger partial charge in [-0.3, -0.25) is 4.79 Å². The monoisotopic (exact) mass is 163 g/mol. The number of hydrogen-bond donors (Lipinski definition) is 4. The molecule has 0 aliphatic rings. The number of carbonyl (C=O) groups is 1. The number of hydrogen-bond acceptors (Lipinski definition) is 4. The van der Waals surface area contributed by atoms with Gasteiger partial charge in [0.25, 0.3) is 0 Å². The maximum Gasteiger partial charge on any atom is 0.246 e. The van der Waals surface area contributed by atoms with E-state index in [0.29, 0.717) is 0 Å². The second kappa shape index (κ2) is 4.27. The maximum absolute atomic E-state index is 10.2. The Balaban J connectivity index is 3.75. The summed E-state index contributed by atoms with van der Waals surface area (Å²) < 4.78 is 0. The molecular formula is C6H13NO4. The Morgan fingerprint density at radius 2 is 1.91 bits per heavy atom. The summed E-state index contributed by atoms with van der Waals surface area (Å²) in [6.07, 6.45) is -3.70. The number of primary amides is 1. The van der Waals surface area contributed by atoms with E-state index in [1.54, 1.807) is 0 Å². The zero-order valence-corrected chi connectivity index (χ0v) is 6.27. The molecule has 0 aromatic rings. The summed E-state index contributed by atoms with van der Waals surface area (Å²) >= 11 is 0. The molecule has 0 aromatic carbocycles. The van der Waals surface area contributed by atoms with E-state index in [0.717, 1.165) is 0 Å². The number of amides is 1. The van der Waals surface area contributed by atoms with Crippen molar-refractivity contribution in [2.24, 2.45) is 5.73 Å². The first kappa shape index (κ1) is 10.3. The van der Waals surface area contributed by atoms with E-state index < -0.39 is 24.2 Å². The summed E-state index contributed by atoms with van der Waals surface area (Å²) in [4.78, 5) is 10.2. The molecule has 11 heavy (non-hydrogen) atoms. The molecule has 0 spiro atoms. The van der Waals surface area contributed by atoms with Crippen molar-refractivity contribution in [1.29, 1.82) is 0 Å². The highest BCUT2D eigenvalue weighted by Gasteiger charge is 2.19. The summed E-state index contributed by atoms with van der Waals surface area (Å²) in [5.41, 5.74) is 4.70. The van der Waals surface area contributed by atoms with Crippen LogP contribution in [0.3, 0.4) is 0 Å². The van der Waals surface area contributed by atoms with Crippen LogP contribution in [-0.2, 0) is 4.79 Å². The Labute approximate surface area is 64.4 Å². The lowest BCUT2D eigenvalue weighted by Crippen LogP contribution is -2.35. The van der Waals surface area contributed by atoms with Crippen molar-refractivity contribution in [3.05, 3.63) is 0 Å². The quantitative estimate of drug-likeness (QED) is 0.383. The first-order valence-corrected chi connectivity index (χ1v) is 3.28. The van der Waals surface area contributed by atoms with Crippen LogP contribution in [0, 0.1) is 0 Å². The van der Waals surface area contributed by atoms with Gasteiger partial charge in [0, 0.05) is 6.42 Å². The third-order valence-corrected chi connectivity index (χ3v) is 1.35. The second-order valence-corrected chi connectivity index (χ2v) is 2.46. The average Bonchev–Trinajstić information content (AvgIpc) is 1.87. The van der Waals surface area contributed by atoms with Crippen molar-refractivity contribution in [2.75, 3.05) is 0 Å². The van der Waals surface area contributed by atoms with Gasteiger partial charge in [0.1, 0.15) is 6.10 Å². The van der Waals surface area contributed by atoms with Gasteiger partial charge in [0.2, 0.25) is 5.91 Å². The Hall–Kier alpha value is -0.650. The summed E-state index contributed by atoms with van der Waals surface area (Å²) in [6, 6.07) is 0. The Kier molecular flexibility index (Phi) is 4.02. The van der Waals surface area contributed by atoms with Gasteiger partial charge >= 0.3 is 0 Å². The number of rotatable bonds is 4. The normalized spacial score (nSPS) is 18.9. The largest absolute Gasteiger partial charge is 0.391 e. The third-order valence-electron chi connectivity index (χ3n) is 1.35. The molecule has 0 aliphatic heterocycles. The Bertz CT molecular complexity index is 137. The highest BCUT2D eigenvalue weighted by molar-refractivity contribution is 5.78. The number of nitrogens with two attached hydrogens (primary N) is 1. The van der Waals surface area contributed by atoms with Crippen LogP contribution in [0.5, 0.6) is 0 Å². The topological polar surface area (TPSA) is 104 Å². The molecule has 0 radical (unpaired) electrons.